The summed E-state index contributed by atoms with van der Waals surface area (Å²) in [5, 5.41) is 3.25. The van der Waals surface area contributed by atoms with Gasteiger partial charge in [0.05, 0.1) is 5.69 Å². The lowest BCUT2D eigenvalue weighted by molar-refractivity contribution is -0.153. The first-order chi connectivity index (χ1) is 8.96. The van der Waals surface area contributed by atoms with Crippen LogP contribution in [0, 0.1) is 0 Å². The minimum Gasteiger partial charge on any atom is -0.482 e. The van der Waals surface area contributed by atoms with Gasteiger partial charge in [0, 0.05) is 0 Å². The first kappa shape index (κ1) is 20.1. The number of nitrogens with one attached hydrogen (secondary N) is 1. The number of benzene rings is 1. The van der Waals surface area contributed by atoms with E-state index >= 15 is 0 Å². The summed E-state index contributed by atoms with van der Waals surface area (Å²) in [6.45, 7) is 0.536. The maximum Gasteiger partial charge on any atom is 0.422 e. The Hall–Kier alpha value is -0.850. The van der Waals surface area contributed by atoms with Crippen molar-refractivity contribution < 1.29 is 17.9 Å². The number of anilines is 1. The normalized spacial score (nSPS) is 15.8. The van der Waals surface area contributed by atoms with E-state index in [1.165, 1.54) is 0 Å². The van der Waals surface area contributed by atoms with Crippen LogP contribution in [-0.4, -0.2) is 25.9 Å². The van der Waals surface area contributed by atoms with E-state index in [2.05, 4.69) is 5.32 Å². The summed E-state index contributed by atoms with van der Waals surface area (Å²) < 4.78 is 41.2. The van der Waals surface area contributed by atoms with Gasteiger partial charge in [-0.3, -0.25) is 0 Å². The third-order valence-corrected chi connectivity index (χ3v) is 3.24. The molecule has 0 bridgehead atoms. The van der Waals surface area contributed by atoms with Crippen LogP contribution in [0.2, 0.25) is 0 Å². The largest absolute Gasteiger partial charge is 0.482 e. The molecule has 0 amide bonds. The van der Waals surface area contributed by atoms with Gasteiger partial charge in [0.15, 0.2) is 6.61 Å². The van der Waals surface area contributed by atoms with E-state index in [0.29, 0.717) is 5.92 Å². The Morgan fingerprint density at radius 3 is 2.38 bits per heavy atom. The van der Waals surface area contributed by atoms with Crippen molar-refractivity contribution in [3.05, 3.63) is 23.8 Å². The molecule has 122 valence electrons. The monoisotopic (exact) mass is 346 g/mol. The number of hydrogen-bond acceptors (Lipinski definition) is 3. The summed E-state index contributed by atoms with van der Waals surface area (Å²) in [4.78, 5) is 0. The summed E-state index contributed by atoms with van der Waals surface area (Å²) in [5.41, 5.74) is 6.87. The van der Waals surface area contributed by atoms with E-state index < -0.39 is 12.8 Å². The van der Waals surface area contributed by atoms with Crippen LogP contribution in [0.3, 0.4) is 0 Å². The second-order valence-corrected chi connectivity index (χ2v) is 4.73. The quantitative estimate of drug-likeness (QED) is 0.823. The summed E-state index contributed by atoms with van der Waals surface area (Å²) in [6, 6.07) is 5.12. The van der Waals surface area contributed by atoms with Crippen molar-refractivity contribution in [2.75, 3.05) is 25.4 Å². The fourth-order valence-corrected chi connectivity index (χ4v) is 2.24. The van der Waals surface area contributed by atoms with Crippen LogP contribution in [-0.2, 0) is 0 Å². The molecule has 1 aromatic rings. The lowest BCUT2D eigenvalue weighted by atomic mass is 9.90. The van der Waals surface area contributed by atoms with Crippen molar-refractivity contribution in [1.82, 2.24) is 5.32 Å². The third-order valence-electron chi connectivity index (χ3n) is 3.24. The lowest BCUT2D eigenvalue weighted by Crippen LogP contribution is -2.26. The standard InChI is InChI=1S/C13H17F3N2O.2ClH/c14-13(15,16)8-19-12-7-10(1-2-11(12)17)9-3-5-18-6-4-9;;/h1-2,7,9,18H,3-6,8,17H2;2*1H. The molecule has 0 atom stereocenters. The van der Waals surface area contributed by atoms with Gasteiger partial charge in [0.1, 0.15) is 5.75 Å². The van der Waals surface area contributed by atoms with Crippen molar-refractivity contribution in [3.63, 3.8) is 0 Å². The molecule has 3 nitrogen and oxygen atoms in total. The molecule has 21 heavy (non-hydrogen) atoms. The van der Waals surface area contributed by atoms with E-state index in [0.717, 1.165) is 31.5 Å². The van der Waals surface area contributed by atoms with Gasteiger partial charge in [0.25, 0.3) is 0 Å². The van der Waals surface area contributed by atoms with E-state index in [4.69, 9.17) is 10.5 Å². The van der Waals surface area contributed by atoms with Crippen LogP contribution in [0.1, 0.15) is 24.3 Å². The smallest absolute Gasteiger partial charge is 0.422 e. The van der Waals surface area contributed by atoms with Gasteiger partial charge in [0.2, 0.25) is 0 Å². The van der Waals surface area contributed by atoms with Crippen molar-refractivity contribution in [3.8, 4) is 5.75 Å². The highest BCUT2D eigenvalue weighted by Crippen LogP contribution is 2.32. The molecule has 0 unspecified atom stereocenters. The number of nitrogens with two attached hydrogens (primary N) is 1. The molecule has 2 rings (SSSR count). The van der Waals surface area contributed by atoms with Crippen LogP contribution < -0.4 is 15.8 Å². The third kappa shape index (κ3) is 6.20. The summed E-state index contributed by atoms with van der Waals surface area (Å²) >= 11 is 0. The van der Waals surface area contributed by atoms with E-state index in [1.807, 2.05) is 6.07 Å². The zero-order valence-corrected chi connectivity index (χ0v) is 12.9. The number of ether oxygens (including phenoxy) is 1. The molecule has 0 radical (unpaired) electrons. The second-order valence-electron chi connectivity index (χ2n) is 4.73. The van der Waals surface area contributed by atoms with Gasteiger partial charge >= 0.3 is 6.18 Å². The van der Waals surface area contributed by atoms with Crippen LogP contribution in [0.4, 0.5) is 18.9 Å². The number of rotatable bonds is 3. The highest BCUT2D eigenvalue weighted by atomic mass is 35.5. The molecule has 1 fully saturated rings. The molecule has 0 aromatic heterocycles. The molecule has 0 spiro atoms. The zero-order chi connectivity index (χ0) is 13.9. The molecule has 1 saturated heterocycles. The Balaban J connectivity index is 0.00000200. The molecule has 1 aliphatic rings. The molecule has 0 saturated carbocycles. The van der Waals surface area contributed by atoms with Gasteiger partial charge in [-0.15, -0.1) is 24.8 Å². The molecule has 1 aliphatic heterocycles. The van der Waals surface area contributed by atoms with Gasteiger partial charge < -0.3 is 15.8 Å². The lowest BCUT2D eigenvalue weighted by Gasteiger charge is -2.23. The Bertz CT molecular complexity index is 438. The first-order valence-corrected chi connectivity index (χ1v) is 6.25. The van der Waals surface area contributed by atoms with Gasteiger partial charge in [-0.05, 0) is 49.5 Å². The highest BCUT2D eigenvalue weighted by molar-refractivity contribution is 5.85. The number of hydrogen-bond donors (Lipinski definition) is 2. The van der Waals surface area contributed by atoms with Crippen LogP contribution in [0.5, 0.6) is 5.75 Å². The zero-order valence-electron chi connectivity index (χ0n) is 11.3. The van der Waals surface area contributed by atoms with Gasteiger partial charge in [-0.25, -0.2) is 0 Å². The molecule has 1 aromatic carbocycles. The molecule has 1 heterocycles. The second kappa shape index (κ2) is 8.56. The van der Waals surface area contributed by atoms with Crippen LogP contribution in [0.25, 0.3) is 0 Å². The van der Waals surface area contributed by atoms with E-state index in [1.54, 1.807) is 12.1 Å². The number of nitrogen functional groups attached to an aromatic ring is 1. The molecule has 3 N–H and O–H groups in total. The fraction of sp³-hybridized carbons (Fsp3) is 0.538. The summed E-state index contributed by atoms with van der Waals surface area (Å²) in [7, 11) is 0. The SMILES string of the molecule is Cl.Cl.Nc1ccc(C2CCNCC2)cc1OCC(F)(F)F. The molecular formula is C13H19Cl2F3N2O. The Kier molecular flexibility index (Phi) is 8.21. The van der Waals surface area contributed by atoms with Gasteiger partial charge in [-0.1, -0.05) is 6.07 Å². The maximum atomic E-state index is 12.2. The minimum atomic E-state index is -4.35. The van der Waals surface area contributed by atoms with Crippen LogP contribution in [0.15, 0.2) is 18.2 Å². The fourth-order valence-electron chi connectivity index (χ4n) is 2.24. The summed E-state index contributed by atoms with van der Waals surface area (Å²) in [6.07, 6.45) is -2.40. The maximum absolute atomic E-state index is 12.2. The predicted molar refractivity (Wildman–Crippen MR) is 81.7 cm³/mol. The molecule has 0 aliphatic carbocycles. The van der Waals surface area contributed by atoms with E-state index in [9.17, 15) is 13.2 Å². The van der Waals surface area contributed by atoms with Crippen LogP contribution >= 0.6 is 24.8 Å². The topological polar surface area (TPSA) is 47.3 Å². The van der Waals surface area contributed by atoms with E-state index in [-0.39, 0.29) is 36.3 Å². The average molecular weight is 347 g/mol. The van der Waals surface area contributed by atoms with Crippen molar-refractivity contribution in [2.24, 2.45) is 0 Å². The Labute approximate surface area is 134 Å². The number of alkyl halides is 3. The molecular weight excluding hydrogens is 328 g/mol. The summed E-state index contributed by atoms with van der Waals surface area (Å²) in [5.74, 6) is 0.475. The Morgan fingerprint density at radius 1 is 1.19 bits per heavy atom. The predicted octanol–water partition coefficient (Wildman–Crippen LogP) is 3.52. The number of halogens is 5. The first-order valence-electron chi connectivity index (χ1n) is 6.25. The van der Waals surface area contributed by atoms with Crippen molar-refractivity contribution >= 4 is 30.5 Å². The van der Waals surface area contributed by atoms with Crippen molar-refractivity contribution in [1.29, 1.82) is 0 Å². The van der Waals surface area contributed by atoms with Crippen molar-refractivity contribution in [2.45, 2.75) is 24.9 Å². The average Bonchev–Trinajstić information content (AvgIpc) is 2.38. The minimum absolute atomic E-state index is 0. The molecule has 8 heteroatoms. The highest BCUT2D eigenvalue weighted by Gasteiger charge is 2.29. The number of piperidine rings is 1. The van der Waals surface area contributed by atoms with Gasteiger partial charge in [-0.2, -0.15) is 13.2 Å². The Morgan fingerprint density at radius 2 is 1.81 bits per heavy atom.